The summed E-state index contributed by atoms with van der Waals surface area (Å²) in [7, 11) is 1.74. The van der Waals surface area contributed by atoms with Gasteiger partial charge in [0.1, 0.15) is 6.10 Å². The average molecular weight is 214 g/mol. The third-order valence-corrected chi connectivity index (χ3v) is 3.20. The van der Waals surface area contributed by atoms with Gasteiger partial charge in [0.15, 0.2) is 0 Å². The molecule has 5 nitrogen and oxygen atoms in total. The quantitative estimate of drug-likeness (QED) is 0.616. The van der Waals surface area contributed by atoms with Gasteiger partial charge in [0.05, 0.1) is 12.1 Å². The van der Waals surface area contributed by atoms with Gasteiger partial charge in [-0.05, 0) is 12.8 Å². The molecule has 2 saturated heterocycles. The van der Waals surface area contributed by atoms with E-state index >= 15 is 0 Å². The Kier molecular flexibility index (Phi) is 3.23. The highest BCUT2D eigenvalue weighted by Crippen LogP contribution is 2.17. The summed E-state index contributed by atoms with van der Waals surface area (Å²) < 4.78 is 5.34. The molecular weight excluding hydrogens is 196 g/mol. The number of amides is 1. The van der Waals surface area contributed by atoms with Crippen LogP contribution in [0.25, 0.3) is 0 Å². The number of aliphatic hydroxyl groups is 1. The molecule has 0 bridgehead atoms. The van der Waals surface area contributed by atoms with Crippen LogP contribution in [0.4, 0.5) is 0 Å². The highest BCUT2D eigenvalue weighted by atomic mass is 16.5. The monoisotopic (exact) mass is 214 g/mol. The summed E-state index contributed by atoms with van der Waals surface area (Å²) in [5.41, 5.74) is 0. The van der Waals surface area contributed by atoms with E-state index < -0.39 is 6.10 Å². The third kappa shape index (κ3) is 2.14. The highest BCUT2D eigenvalue weighted by Gasteiger charge is 2.35. The maximum Gasteiger partial charge on any atom is 0.251 e. The van der Waals surface area contributed by atoms with Gasteiger partial charge in [-0.25, -0.2) is 0 Å². The molecule has 2 rings (SSSR count). The molecule has 0 unspecified atom stereocenters. The molecule has 1 amide bonds. The second-order valence-corrected chi connectivity index (χ2v) is 4.24. The predicted molar refractivity (Wildman–Crippen MR) is 54.4 cm³/mol. The Bertz CT molecular complexity index is 241. The lowest BCUT2D eigenvalue weighted by Gasteiger charge is -2.28. The molecule has 5 heteroatoms. The Labute approximate surface area is 89.4 Å². The normalized spacial score (nSPS) is 35.7. The molecule has 0 aromatic rings. The number of hydrogen-bond acceptors (Lipinski definition) is 4. The van der Waals surface area contributed by atoms with Crippen LogP contribution in [0.2, 0.25) is 0 Å². The maximum atomic E-state index is 11.9. The number of carbonyl (C=O) groups is 1. The lowest BCUT2D eigenvalue weighted by molar-refractivity contribution is -0.143. The van der Waals surface area contributed by atoms with Crippen molar-refractivity contribution >= 4 is 5.91 Å². The van der Waals surface area contributed by atoms with Crippen molar-refractivity contribution in [3.05, 3.63) is 0 Å². The van der Waals surface area contributed by atoms with Gasteiger partial charge >= 0.3 is 0 Å². The van der Waals surface area contributed by atoms with Gasteiger partial charge in [-0.15, -0.1) is 0 Å². The van der Waals surface area contributed by atoms with E-state index in [9.17, 15) is 9.90 Å². The van der Waals surface area contributed by atoms with E-state index in [1.807, 2.05) is 0 Å². The number of hydrogen-bond donors (Lipinski definition) is 2. The number of ether oxygens (including phenoxy) is 1. The molecule has 2 aliphatic rings. The number of carbonyl (C=O) groups excluding carboxylic acids is 1. The largest absolute Gasteiger partial charge is 0.390 e. The highest BCUT2D eigenvalue weighted by molar-refractivity contribution is 5.81. The smallest absolute Gasteiger partial charge is 0.251 e. The molecular formula is C10H18N2O3. The van der Waals surface area contributed by atoms with Crippen molar-refractivity contribution in [2.45, 2.75) is 31.1 Å². The van der Waals surface area contributed by atoms with Crippen molar-refractivity contribution in [2.24, 2.45) is 0 Å². The van der Waals surface area contributed by atoms with Crippen LogP contribution in [0.15, 0.2) is 0 Å². The molecule has 0 saturated carbocycles. The zero-order valence-electron chi connectivity index (χ0n) is 8.98. The molecule has 2 aliphatic heterocycles. The average Bonchev–Trinajstić information content (AvgIpc) is 2.85. The second kappa shape index (κ2) is 4.47. The van der Waals surface area contributed by atoms with Gasteiger partial charge in [0.2, 0.25) is 0 Å². The molecule has 86 valence electrons. The fourth-order valence-corrected chi connectivity index (χ4v) is 2.21. The minimum absolute atomic E-state index is 0.000231. The van der Waals surface area contributed by atoms with Crippen LogP contribution >= 0.6 is 0 Å². The molecule has 0 aromatic carbocycles. The lowest BCUT2D eigenvalue weighted by atomic mass is 10.1. The van der Waals surface area contributed by atoms with Crippen molar-refractivity contribution in [3.63, 3.8) is 0 Å². The number of β-amino-alcohol motifs (C(OH)–C–C–N with tert-alkyl or cyclic N) is 1. The van der Waals surface area contributed by atoms with Crippen LogP contribution in [0.5, 0.6) is 0 Å². The van der Waals surface area contributed by atoms with Crippen molar-refractivity contribution in [1.82, 2.24) is 10.2 Å². The van der Waals surface area contributed by atoms with E-state index in [1.165, 1.54) is 0 Å². The minimum atomic E-state index is -0.458. The second-order valence-electron chi connectivity index (χ2n) is 4.24. The molecule has 2 heterocycles. The van der Waals surface area contributed by atoms with E-state index in [0.717, 1.165) is 12.8 Å². The standard InChI is InChI=1S/C10H18N2O3/c1-12(7-5-11-6-8(7)13)10(14)9-3-2-4-15-9/h7-9,11,13H,2-6H2,1H3/t7-,8-,9+/m0/s1. The third-order valence-electron chi connectivity index (χ3n) is 3.20. The topological polar surface area (TPSA) is 61.8 Å². The Balaban J connectivity index is 1.94. The fourth-order valence-electron chi connectivity index (χ4n) is 2.21. The van der Waals surface area contributed by atoms with Gasteiger partial charge in [-0.1, -0.05) is 0 Å². The van der Waals surface area contributed by atoms with Crippen LogP contribution in [0.3, 0.4) is 0 Å². The van der Waals surface area contributed by atoms with Gasteiger partial charge in [0.25, 0.3) is 5.91 Å². The first kappa shape index (κ1) is 10.9. The van der Waals surface area contributed by atoms with E-state index in [1.54, 1.807) is 11.9 Å². The van der Waals surface area contributed by atoms with Gasteiger partial charge in [-0.2, -0.15) is 0 Å². The molecule has 0 spiro atoms. The number of aliphatic hydroxyl groups excluding tert-OH is 1. The van der Waals surface area contributed by atoms with Crippen molar-refractivity contribution in [1.29, 1.82) is 0 Å². The molecule has 3 atom stereocenters. The van der Waals surface area contributed by atoms with Crippen molar-refractivity contribution in [2.75, 3.05) is 26.7 Å². The summed E-state index contributed by atoms with van der Waals surface area (Å²) in [6, 6.07) is -0.110. The lowest BCUT2D eigenvalue weighted by Crippen LogP contribution is -2.48. The van der Waals surface area contributed by atoms with Gasteiger partial charge in [-0.3, -0.25) is 4.79 Å². The van der Waals surface area contributed by atoms with Crippen molar-refractivity contribution in [3.8, 4) is 0 Å². The van der Waals surface area contributed by atoms with Crippen LogP contribution in [-0.2, 0) is 9.53 Å². The summed E-state index contributed by atoms with van der Waals surface area (Å²) in [6.07, 6.45) is 1.01. The molecule has 15 heavy (non-hydrogen) atoms. The van der Waals surface area contributed by atoms with E-state index in [4.69, 9.17) is 4.74 Å². The number of likely N-dealkylation sites (N-methyl/N-ethyl adjacent to an activating group) is 1. The zero-order chi connectivity index (χ0) is 10.8. The molecule has 0 aromatic heterocycles. The molecule has 0 radical (unpaired) electrons. The Morgan fingerprint density at radius 3 is 2.87 bits per heavy atom. The van der Waals surface area contributed by atoms with Gasteiger partial charge < -0.3 is 20.1 Å². The van der Waals surface area contributed by atoms with E-state index in [0.29, 0.717) is 19.7 Å². The fraction of sp³-hybridized carbons (Fsp3) is 0.900. The first-order chi connectivity index (χ1) is 7.20. The maximum absolute atomic E-state index is 11.9. The number of nitrogens with one attached hydrogen (secondary N) is 1. The van der Waals surface area contributed by atoms with Crippen LogP contribution in [-0.4, -0.2) is 60.9 Å². The molecule has 2 fully saturated rings. The summed E-state index contributed by atoms with van der Waals surface area (Å²) in [5.74, 6) is 0.000231. The van der Waals surface area contributed by atoms with Crippen LogP contribution in [0, 0.1) is 0 Å². The Morgan fingerprint density at radius 2 is 2.33 bits per heavy atom. The predicted octanol–water partition coefficient (Wildman–Crippen LogP) is -1.04. The summed E-state index contributed by atoms with van der Waals surface area (Å²) >= 11 is 0. The zero-order valence-corrected chi connectivity index (χ0v) is 8.98. The molecule has 0 aliphatic carbocycles. The number of rotatable bonds is 2. The first-order valence-corrected chi connectivity index (χ1v) is 5.47. The Hall–Kier alpha value is -0.650. The summed E-state index contributed by atoms with van der Waals surface area (Å²) in [4.78, 5) is 13.6. The Morgan fingerprint density at radius 1 is 1.53 bits per heavy atom. The van der Waals surface area contributed by atoms with Crippen LogP contribution < -0.4 is 5.32 Å². The van der Waals surface area contributed by atoms with E-state index in [2.05, 4.69) is 5.32 Å². The first-order valence-electron chi connectivity index (χ1n) is 5.47. The molecule has 2 N–H and O–H groups in total. The van der Waals surface area contributed by atoms with Gasteiger partial charge in [0, 0.05) is 26.7 Å². The SMILES string of the molecule is CN(C(=O)[C@H]1CCCO1)[C@H]1CNC[C@@H]1O. The van der Waals surface area contributed by atoms with Crippen LogP contribution in [0.1, 0.15) is 12.8 Å². The summed E-state index contributed by atoms with van der Waals surface area (Å²) in [5, 5.41) is 12.7. The minimum Gasteiger partial charge on any atom is -0.390 e. The van der Waals surface area contributed by atoms with Crippen molar-refractivity contribution < 1.29 is 14.6 Å². The summed E-state index contributed by atoms with van der Waals surface area (Å²) in [6.45, 7) is 1.90. The number of nitrogens with zero attached hydrogens (tertiary/aromatic N) is 1. The van der Waals surface area contributed by atoms with E-state index in [-0.39, 0.29) is 18.1 Å².